The number of hydrogen-bond donors (Lipinski definition) is 1. The molecule has 0 atom stereocenters. The molecule has 1 aliphatic heterocycles. The summed E-state index contributed by atoms with van der Waals surface area (Å²) < 4.78 is 14.3. The van der Waals surface area contributed by atoms with Gasteiger partial charge in [0.25, 0.3) is 0 Å². The van der Waals surface area contributed by atoms with Crippen molar-refractivity contribution in [2.45, 2.75) is 32.4 Å². The van der Waals surface area contributed by atoms with Crippen LogP contribution in [0, 0.1) is 5.82 Å². The quantitative estimate of drug-likeness (QED) is 0.890. The van der Waals surface area contributed by atoms with Gasteiger partial charge in [-0.2, -0.15) is 0 Å². The maximum atomic E-state index is 14.3. The number of piperazine rings is 1. The Hall–Kier alpha value is -1.13. The van der Waals surface area contributed by atoms with Crippen molar-refractivity contribution < 1.29 is 4.39 Å². The summed E-state index contributed by atoms with van der Waals surface area (Å²) in [6.07, 6.45) is 2.53. The van der Waals surface area contributed by atoms with Gasteiger partial charge in [0.1, 0.15) is 5.82 Å². The first-order valence-corrected chi connectivity index (χ1v) is 7.75. The van der Waals surface area contributed by atoms with Crippen molar-refractivity contribution in [2.24, 2.45) is 0 Å². The second-order valence-electron chi connectivity index (χ2n) is 5.86. The van der Waals surface area contributed by atoms with Gasteiger partial charge >= 0.3 is 0 Å². The van der Waals surface area contributed by atoms with Gasteiger partial charge in [-0.3, -0.25) is 0 Å². The lowest BCUT2D eigenvalue weighted by Gasteiger charge is -2.35. The predicted octanol–water partition coefficient (Wildman–Crippen LogP) is 2.22. The fourth-order valence-corrected chi connectivity index (χ4v) is 2.77. The highest BCUT2D eigenvalue weighted by Gasteiger charge is 2.21. The molecule has 2 fully saturated rings. The van der Waals surface area contributed by atoms with E-state index in [1.165, 1.54) is 12.8 Å². The van der Waals surface area contributed by atoms with E-state index in [-0.39, 0.29) is 5.82 Å². The molecule has 0 aromatic heterocycles. The third-order valence-corrected chi connectivity index (χ3v) is 4.34. The Bertz CT molecular complexity index is 451. The predicted molar refractivity (Wildman–Crippen MR) is 80.6 cm³/mol. The van der Waals surface area contributed by atoms with Gasteiger partial charge in [0.15, 0.2) is 0 Å². The summed E-state index contributed by atoms with van der Waals surface area (Å²) in [5.74, 6) is -0.0787. The molecule has 3 nitrogen and oxygen atoms in total. The van der Waals surface area contributed by atoms with Crippen LogP contribution in [-0.4, -0.2) is 43.7 Å². The second-order valence-corrected chi connectivity index (χ2v) is 5.86. The molecule has 0 radical (unpaired) electrons. The average Bonchev–Trinajstić information content (AvgIpc) is 3.30. The molecule has 20 heavy (non-hydrogen) atoms. The number of rotatable bonds is 5. The van der Waals surface area contributed by atoms with E-state index in [1.54, 1.807) is 6.07 Å². The Morgan fingerprint density at radius 3 is 2.55 bits per heavy atom. The van der Waals surface area contributed by atoms with E-state index in [0.717, 1.165) is 50.5 Å². The number of nitrogens with one attached hydrogen (secondary N) is 1. The summed E-state index contributed by atoms with van der Waals surface area (Å²) in [4.78, 5) is 4.57. The molecule has 0 spiro atoms. The number of hydrogen-bond acceptors (Lipinski definition) is 3. The Morgan fingerprint density at radius 1 is 1.20 bits per heavy atom. The van der Waals surface area contributed by atoms with Crippen molar-refractivity contribution in [3.8, 4) is 0 Å². The molecule has 1 aromatic rings. The van der Waals surface area contributed by atoms with E-state index in [9.17, 15) is 4.39 Å². The molecule has 1 aliphatic carbocycles. The van der Waals surface area contributed by atoms with E-state index in [2.05, 4.69) is 28.1 Å². The third-order valence-electron chi connectivity index (χ3n) is 4.34. The first-order valence-electron chi connectivity index (χ1n) is 7.75. The number of likely N-dealkylation sites (N-methyl/N-ethyl adjacent to an activating group) is 1. The highest BCUT2D eigenvalue weighted by molar-refractivity contribution is 5.49. The van der Waals surface area contributed by atoms with Crippen LogP contribution in [0.15, 0.2) is 18.2 Å². The van der Waals surface area contributed by atoms with Gasteiger partial charge < -0.3 is 15.1 Å². The Kier molecular flexibility index (Phi) is 4.22. The molecule has 4 heteroatoms. The molecule has 1 N–H and O–H groups in total. The number of anilines is 1. The van der Waals surface area contributed by atoms with Crippen LogP contribution in [0.1, 0.15) is 25.3 Å². The standard InChI is InChI=1S/C16H24FN3/c1-2-19-7-9-20(10-8-19)16-6-3-13(11-15(16)17)12-18-14-4-5-14/h3,6,11,14,18H,2,4-5,7-10,12H2,1H3. The van der Waals surface area contributed by atoms with Gasteiger partial charge in [0.05, 0.1) is 5.69 Å². The van der Waals surface area contributed by atoms with Crippen LogP contribution in [-0.2, 0) is 6.54 Å². The zero-order valence-electron chi connectivity index (χ0n) is 12.2. The molecule has 0 amide bonds. The van der Waals surface area contributed by atoms with Gasteiger partial charge in [-0.05, 0) is 37.1 Å². The smallest absolute Gasteiger partial charge is 0.146 e. The van der Waals surface area contributed by atoms with Crippen LogP contribution >= 0.6 is 0 Å². The molecule has 1 heterocycles. The van der Waals surface area contributed by atoms with Gasteiger partial charge in [0.2, 0.25) is 0 Å². The van der Waals surface area contributed by atoms with Crippen LogP contribution in [0.5, 0.6) is 0 Å². The van der Waals surface area contributed by atoms with Crippen molar-refractivity contribution in [1.82, 2.24) is 10.2 Å². The minimum Gasteiger partial charge on any atom is -0.367 e. The monoisotopic (exact) mass is 277 g/mol. The first-order chi connectivity index (χ1) is 9.76. The lowest BCUT2D eigenvalue weighted by molar-refractivity contribution is 0.270. The van der Waals surface area contributed by atoms with Crippen LogP contribution in [0.3, 0.4) is 0 Å². The van der Waals surface area contributed by atoms with Crippen molar-refractivity contribution in [3.05, 3.63) is 29.6 Å². The number of halogens is 1. The van der Waals surface area contributed by atoms with Crippen LogP contribution in [0.2, 0.25) is 0 Å². The van der Waals surface area contributed by atoms with Crippen molar-refractivity contribution >= 4 is 5.69 Å². The fraction of sp³-hybridized carbons (Fsp3) is 0.625. The molecule has 2 aliphatic rings. The van der Waals surface area contributed by atoms with E-state index >= 15 is 0 Å². The molecular formula is C16H24FN3. The molecule has 1 aromatic carbocycles. The molecule has 0 bridgehead atoms. The van der Waals surface area contributed by atoms with E-state index < -0.39 is 0 Å². The van der Waals surface area contributed by atoms with E-state index in [0.29, 0.717) is 6.04 Å². The third kappa shape index (κ3) is 3.30. The van der Waals surface area contributed by atoms with Gasteiger partial charge in [-0.25, -0.2) is 4.39 Å². The minimum atomic E-state index is -0.0787. The average molecular weight is 277 g/mol. The van der Waals surface area contributed by atoms with Crippen molar-refractivity contribution in [1.29, 1.82) is 0 Å². The van der Waals surface area contributed by atoms with Crippen LogP contribution in [0.25, 0.3) is 0 Å². The molecule has 1 saturated carbocycles. The lowest BCUT2D eigenvalue weighted by atomic mass is 10.1. The van der Waals surface area contributed by atoms with E-state index in [4.69, 9.17) is 0 Å². The number of nitrogens with zero attached hydrogens (tertiary/aromatic N) is 2. The minimum absolute atomic E-state index is 0.0787. The summed E-state index contributed by atoms with van der Waals surface area (Å²) >= 11 is 0. The van der Waals surface area contributed by atoms with Crippen LogP contribution in [0.4, 0.5) is 10.1 Å². The summed E-state index contributed by atoms with van der Waals surface area (Å²) in [5.41, 5.74) is 1.81. The summed E-state index contributed by atoms with van der Waals surface area (Å²) in [6, 6.07) is 6.36. The zero-order chi connectivity index (χ0) is 13.9. The Labute approximate surface area is 120 Å². The maximum Gasteiger partial charge on any atom is 0.146 e. The van der Waals surface area contributed by atoms with Gasteiger partial charge in [-0.1, -0.05) is 13.0 Å². The van der Waals surface area contributed by atoms with Crippen molar-refractivity contribution in [3.63, 3.8) is 0 Å². The molecule has 1 saturated heterocycles. The molecule has 3 rings (SSSR count). The fourth-order valence-electron chi connectivity index (χ4n) is 2.77. The normalized spacial score (nSPS) is 20.4. The molecule has 0 unspecified atom stereocenters. The summed E-state index contributed by atoms with van der Waals surface area (Å²) in [5, 5.41) is 3.43. The van der Waals surface area contributed by atoms with Gasteiger partial charge in [-0.15, -0.1) is 0 Å². The first kappa shape index (κ1) is 13.8. The van der Waals surface area contributed by atoms with Crippen molar-refractivity contribution in [2.75, 3.05) is 37.6 Å². The van der Waals surface area contributed by atoms with Gasteiger partial charge in [0, 0.05) is 38.8 Å². The SMILES string of the molecule is CCN1CCN(c2ccc(CNC3CC3)cc2F)CC1. The summed E-state index contributed by atoms with van der Waals surface area (Å²) in [6.45, 7) is 7.95. The molecule has 110 valence electrons. The molecular weight excluding hydrogens is 253 g/mol. The maximum absolute atomic E-state index is 14.3. The van der Waals surface area contributed by atoms with Crippen LogP contribution < -0.4 is 10.2 Å². The largest absolute Gasteiger partial charge is 0.367 e. The highest BCUT2D eigenvalue weighted by atomic mass is 19.1. The topological polar surface area (TPSA) is 18.5 Å². The Balaban J connectivity index is 1.61. The number of benzene rings is 1. The van der Waals surface area contributed by atoms with E-state index in [1.807, 2.05) is 6.07 Å². The zero-order valence-corrected chi connectivity index (χ0v) is 12.2. The second kappa shape index (κ2) is 6.10. The lowest BCUT2D eigenvalue weighted by Crippen LogP contribution is -2.46. The highest BCUT2D eigenvalue weighted by Crippen LogP contribution is 2.23. The summed E-state index contributed by atoms with van der Waals surface area (Å²) in [7, 11) is 0. The Morgan fingerprint density at radius 2 is 1.95 bits per heavy atom.